The van der Waals surface area contributed by atoms with E-state index in [1.807, 2.05) is 12.1 Å². The van der Waals surface area contributed by atoms with E-state index in [1.165, 1.54) is 57.1 Å². The molecule has 122 valence electrons. The molecule has 0 radical (unpaired) electrons. The topological polar surface area (TPSA) is 0 Å². The second-order valence-corrected chi connectivity index (χ2v) is 6.62. The summed E-state index contributed by atoms with van der Waals surface area (Å²) >= 11 is 0. The first-order valence-corrected chi connectivity index (χ1v) is 8.71. The summed E-state index contributed by atoms with van der Waals surface area (Å²) in [6.45, 7) is 3.77. The Balaban J connectivity index is 1.92. The first kappa shape index (κ1) is 17.2. The van der Waals surface area contributed by atoms with Gasteiger partial charge in [0.2, 0.25) is 0 Å². The summed E-state index contributed by atoms with van der Waals surface area (Å²) in [5.74, 6) is -1.13. The van der Waals surface area contributed by atoms with E-state index in [1.54, 1.807) is 0 Å². The Morgan fingerprint density at radius 3 is 2.23 bits per heavy atom. The third-order valence-electron chi connectivity index (χ3n) is 4.94. The molecule has 0 aliphatic heterocycles. The Kier molecular flexibility index (Phi) is 6.16. The van der Waals surface area contributed by atoms with Crippen LogP contribution in [0.4, 0.5) is 8.78 Å². The first-order chi connectivity index (χ1) is 10.5. The van der Waals surface area contributed by atoms with Crippen molar-refractivity contribution in [2.24, 2.45) is 5.92 Å². The molecule has 1 aromatic rings. The first-order valence-electron chi connectivity index (χ1n) is 8.71. The van der Waals surface area contributed by atoms with Gasteiger partial charge in [0, 0.05) is 6.42 Å². The van der Waals surface area contributed by atoms with Crippen LogP contribution in [0.1, 0.15) is 75.8 Å². The number of halogens is 2. The summed E-state index contributed by atoms with van der Waals surface area (Å²) in [6, 6.07) is 8.18. The monoisotopic (exact) mass is 306 g/mol. The second kappa shape index (κ2) is 7.89. The summed E-state index contributed by atoms with van der Waals surface area (Å²) in [6.07, 6.45) is 10.3. The molecule has 0 aromatic heterocycles. The summed E-state index contributed by atoms with van der Waals surface area (Å²) in [5.41, 5.74) is 2.23. The van der Waals surface area contributed by atoms with Crippen LogP contribution in [-0.2, 0) is 0 Å². The average Bonchev–Trinajstić information content (AvgIpc) is 2.55. The van der Waals surface area contributed by atoms with Crippen molar-refractivity contribution in [3.63, 3.8) is 0 Å². The smallest absolute Gasteiger partial charge is 0.202 e. The van der Waals surface area contributed by atoms with E-state index in [4.69, 9.17) is 0 Å². The number of allylic oxidation sites excluding steroid dienone is 1. The minimum Gasteiger partial charge on any atom is -0.202 e. The highest BCUT2D eigenvalue weighted by Crippen LogP contribution is 2.37. The lowest BCUT2D eigenvalue weighted by Crippen LogP contribution is -2.13. The van der Waals surface area contributed by atoms with E-state index in [2.05, 4.69) is 19.1 Å². The molecule has 0 N–H and O–H groups in total. The quantitative estimate of drug-likeness (QED) is 0.541. The van der Waals surface area contributed by atoms with Crippen LogP contribution < -0.4 is 0 Å². The maximum Gasteiger partial charge on any atom is 0.266 e. The van der Waals surface area contributed by atoms with Crippen molar-refractivity contribution in [1.82, 2.24) is 0 Å². The van der Waals surface area contributed by atoms with Crippen LogP contribution in [0.2, 0.25) is 0 Å². The van der Waals surface area contributed by atoms with Crippen LogP contribution >= 0.6 is 0 Å². The Hall–Kier alpha value is -1.18. The van der Waals surface area contributed by atoms with Gasteiger partial charge in [0.05, 0.1) is 0 Å². The van der Waals surface area contributed by atoms with Crippen LogP contribution in [0.15, 0.2) is 30.3 Å². The standard InChI is InChI=1S/C20H28F2/c1-3-5-16-6-10-18(11-7-16)19-12-8-17(9-13-19)14-15-20(21,22)4-2/h8-9,12-16,18H,3-7,10-11H2,1-2H3/b15-14+. The molecule has 0 saturated heterocycles. The van der Waals surface area contributed by atoms with Crippen molar-refractivity contribution >= 4 is 6.08 Å². The van der Waals surface area contributed by atoms with Gasteiger partial charge in [-0.15, -0.1) is 0 Å². The van der Waals surface area contributed by atoms with E-state index >= 15 is 0 Å². The van der Waals surface area contributed by atoms with Crippen molar-refractivity contribution in [1.29, 1.82) is 0 Å². The van der Waals surface area contributed by atoms with Crippen molar-refractivity contribution in [3.8, 4) is 0 Å². The normalized spacial score (nSPS) is 23.1. The van der Waals surface area contributed by atoms with Crippen molar-refractivity contribution < 1.29 is 8.78 Å². The van der Waals surface area contributed by atoms with Gasteiger partial charge < -0.3 is 0 Å². The van der Waals surface area contributed by atoms with Crippen LogP contribution in [0.5, 0.6) is 0 Å². The number of benzene rings is 1. The van der Waals surface area contributed by atoms with E-state index in [0.717, 1.165) is 17.6 Å². The minimum absolute atomic E-state index is 0.150. The van der Waals surface area contributed by atoms with Crippen LogP contribution in [0.3, 0.4) is 0 Å². The molecule has 1 aromatic carbocycles. The molecular formula is C20H28F2. The van der Waals surface area contributed by atoms with Crippen LogP contribution in [0, 0.1) is 5.92 Å². The molecule has 0 unspecified atom stereocenters. The zero-order valence-electron chi connectivity index (χ0n) is 13.8. The molecule has 0 heterocycles. The Bertz CT molecular complexity index is 465. The largest absolute Gasteiger partial charge is 0.266 e. The van der Waals surface area contributed by atoms with E-state index < -0.39 is 5.92 Å². The third-order valence-corrected chi connectivity index (χ3v) is 4.94. The van der Waals surface area contributed by atoms with Crippen molar-refractivity contribution in [2.75, 3.05) is 0 Å². The molecule has 1 aliphatic carbocycles. The van der Waals surface area contributed by atoms with Crippen LogP contribution in [-0.4, -0.2) is 5.92 Å². The molecule has 0 atom stereocenters. The van der Waals surface area contributed by atoms with Gasteiger partial charge in [-0.2, -0.15) is 0 Å². The fourth-order valence-electron chi connectivity index (χ4n) is 3.41. The summed E-state index contributed by atoms with van der Waals surface area (Å²) in [4.78, 5) is 0. The Morgan fingerprint density at radius 2 is 1.68 bits per heavy atom. The SMILES string of the molecule is CCCC1CCC(c2ccc(/C=C/C(F)(F)CC)cc2)CC1. The van der Waals surface area contributed by atoms with E-state index in [0.29, 0.717) is 5.92 Å². The minimum atomic E-state index is -2.70. The number of alkyl halides is 2. The highest BCUT2D eigenvalue weighted by molar-refractivity contribution is 5.51. The van der Waals surface area contributed by atoms with Crippen molar-refractivity contribution in [3.05, 3.63) is 41.5 Å². The van der Waals surface area contributed by atoms with Gasteiger partial charge in [0.15, 0.2) is 0 Å². The predicted molar refractivity (Wildman–Crippen MR) is 90.3 cm³/mol. The fourth-order valence-corrected chi connectivity index (χ4v) is 3.41. The zero-order chi connectivity index (χ0) is 16.0. The average molecular weight is 306 g/mol. The molecule has 0 amide bonds. The van der Waals surface area contributed by atoms with E-state index in [-0.39, 0.29) is 6.42 Å². The molecule has 2 heteroatoms. The van der Waals surface area contributed by atoms with Gasteiger partial charge in [-0.1, -0.05) is 57.0 Å². The molecule has 1 saturated carbocycles. The number of hydrogen-bond acceptors (Lipinski definition) is 0. The highest BCUT2D eigenvalue weighted by atomic mass is 19.3. The van der Waals surface area contributed by atoms with Gasteiger partial charge in [-0.25, -0.2) is 8.78 Å². The number of rotatable bonds is 6. The lowest BCUT2D eigenvalue weighted by molar-refractivity contribution is 0.0520. The van der Waals surface area contributed by atoms with E-state index in [9.17, 15) is 8.78 Å². The molecular weight excluding hydrogens is 278 g/mol. The van der Waals surface area contributed by atoms with Crippen LogP contribution in [0.25, 0.3) is 6.08 Å². The van der Waals surface area contributed by atoms with Gasteiger partial charge in [-0.05, 0) is 54.7 Å². The highest BCUT2D eigenvalue weighted by Gasteiger charge is 2.22. The van der Waals surface area contributed by atoms with Crippen molar-refractivity contribution in [2.45, 2.75) is 70.6 Å². The molecule has 1 aliphatic rings. The molecule has 22 heavy (non-hydrogen) atoms. The van der Waals surface area contributed by atoms with Gasteiger partial charge in [0.25, 0.3) is 5.92 Å². The molecule has 0 nitrogen and oxygen atoms in total. The summed E-state index contributed by atoms with van der Waals surface area (Å²) in [5, 5.41) is 0. The molecule has 1 fully saturated rings. The fraction of sp³-hybridized carbons (Fsp3) is 0.600. The Morgan fingerprint density at radius 1 is 1.05 bits per heavy atom. The molecule has 2 rings (SSSR count). The predicted octanol–water partition coefficient (Wildman–Crippen LogP) is 6.82. The maximum absolute atomic E-state index is 13.2. The van der Waals surface area contributed by atoms with Gasteiger partial charge in [0.1, 0.15) is 0 Å². The third kappa shape index (κ3) is 4.93. The summed E-state index contributed by atoms with van der Waals surface area (Å²) < 4.78 is 26.4. The molecule has 0 spiro atoms. The number of hydrogen-bond donors (Lipinski definition) is 0. The molecule has 0 bridgehead atoms. The zero-order valence-corrected chi connectivity index (χ0v) is 13.8. The second-order valence-electron chi connectivity index (χ2n) is 6.62. The lowest BCUT2D eigenvalue weighted by atomic mass is 9.77. The lowest BCUT2D eigenvalue weighted by Gasteiger charge is -2.28. The summed E-state index contributed by atoms with van der Waals surface area (Å²) in [7, 11) is 0. The van der Waals surface area contributed by atoms with Gasteiger partial charge in [-0.3, -0.25) is 0 Å². The maximum atomic E-state index is 13.2. The van der Waals surface area contributed by atoms with Gasteiger partial charge >= 0.3 is 0 Å². The Labute approximate surface area is 133 Å².